The molecule has 0 fully saturated rings. The van der Waals surface area contributed by atoms with Crippen LogP contribution in [0.3, 0.4) is 0 Å². The van der Waals surface area contributed by atoms with Gasteiger partial charge in [-0.3, -0.25) is 9.13 Å². The highest BCUT2D eigenvalue weighted by Gasteiger charge is 2.32. The van der Waals surface area contributed by atoms with Crippen LogP contribution in [0.15, 0.2) is 30.6 Å². The lowest BCUT2D eigenvalue weighted by Gasteiger charge is -2.24. The van der Waals surface area contributed by atoms with Crippen molar-refractivity contribution in [3.63, 3.8) is 0 Å². The summed E-state index contributed by atoms with van der Waals surface area (Å²) >= 11 is 6.07. The molecule has 0 bridgehead atoms. The van der Waals surface area contributed by atoms with Crippen LogP contribution < -0.4 is 10.6 Å². The maximum absolute atomic E-state index is 12.0. The molecule has 0 spiro atoms. The molecule has 12 nitrogen and oxygen atoms in total. The van der Waals surface area contributed by atoms with Crippen molar-refractivity contribution in [1.82, 2.24) is 19.5 Å². The van der Waals surface area contributed by atoms with Crippen LogP contribution in [0.25, 0.3) is 11.2 Å². The average molecular weight is 519 g/mol. The van der Waals surface area contributed by atoms with Gasteiger partial charge < -0.3 is 34.4 Å². The standard InChI is InChI=1S/C18H25ClN6O6P2/c1-11(2)14(8-31-33(29,30)10-32(26,27)28)22-18-23-16(15-17(24-18)25(3)9-20-15)21-13-6-4-5-12(19)7-13/h4-7,9,11,14H,8,10H2,1-3H3,(H,29,30)(H2,26,27,28)(H2,21,22,23,24)/t14-/m0/s1. The Bertz CT molecular complexity index is 1230. The average Bonchev–Trinajstić information content (AvgIpc) is 3.04. The van der Waals surface area contributed by atoms with Crippen LogP contribution in [0.5, 0.6) is 0 Å². The SMILES string of the molecule is CC(C)[C@H](COP(=O)(O)CP(=O)(O)O)Nc1nc(Nc2cccc(Cl)c2)c2ncn(C)c2n1. The lowest BCUT2D eigenvalue weighted by molar-refractivity contribution is 0.232. The van der Waals surface area contributed by atoms with Crippen LogP contribution in [0.4, 0.5) is 17.5 Å². The highest BCUT2D eigenvalue weighted by Crippen LogP contribution is 2.55. The van der Waals surface area contributed by atoms with Crippen molar-refractivity contribution in [3.8, 4) is 0 Å². The van der Waals surface area contributed by atoms with E-state index in [1.54, 1.807) is 36.1 Å². The Balaban J connectivity index is 1.86. The third kappa shape index (κ3) is 7.22. The Morgan fingerprint density at radius 1 is 1.21 bits per heavy atom. The zero-order valence-corrected chi connectivity index (χ0v) is 20.6. The van der Waals surface area contributed by atoms with E-state index in [1.165, 1.54) is 0 Å². The summed E-state index contributed by atoms with van der Waals surface area (Å²) in [5, 5.41) is 6.80. The first-order valence-electron chi connectivity index (χ1n) is 9.82. The highest BCUT2D eigenvalue weighted by molar-refractivity contribution is 7.70. The summed E-state index contributed by atoms with van der Waals surface area (Å²) < 4.78 is 29.8. The van der Waals surface area contributed by atoms with Crippen LogP contribution in [0.2, 0.25) is 5.02 Å². The fourth-order valence-electron chi connectivity index (χ4n) is 2.90. The molecule has 0 amide bonds. The van der Waals surface area contributed by atoms with Crippen molar-refractivity contribution < 1.29 is 28.3 Å². The molecule has 15 heteroatoms. The number of aryl methyl sites for hydroxylation is 1. The number of aromatic nitrogens is 4. The van der Waals surface area contributed by atoms with E-state index >= 15 is 0 Å². The molecule has 0 aliphatic heterocycles. The predicted octanol–water partition coefficient (Wildman–Crippen LogP) is 3.53. The third-order valence-electron chi connectivity index (χ3n) is 4.59. The largest absolute Gasteiger partial charge is 0.349 e. The summed E-state index contributed by atoms with van der Waals surface area (Å²) in [6.07, 6.45) is 1.60. The first-order chi connectivity index (χ1) is 15.3. The highest BCUT2D eigenvalue weighted by atomic mass is 35.5. The van der Waals surface area contributed by atoms with Gasteiger partial charge in [-0.15, -0.1) is 0 Å². The number of nitrogens with zero attached hydrogens (tertiary/aromatic N) is 4. The van der Waals surface area contributed by atoms with Gasteiger partial charge >= 0.3 is 15.2 Å². The molecule has 0 aliphatic carbocycles. The molecule has 2 aromatic heterocycles. The summed E-state index contributed by atoms with van der Waals surface area (Å²) in [5.74, 6) is -0.727. The number of hydrogen-bond acceptors (Lipinski definition) is 8. The molecule has 0 saturated carbocycles. The molecule has 0 radical (unpaired) electrons. The molecular weight excluding hydrogens is 494 g/mol. The summed E-state index contributed by atoms with van der Waals surface area (Å²) in [6, 6.07) is 6.55. The van der Waals surface area contributed by atoms with Gasteiger partial charge in [0.15, 0.2) is 22.9 Å². The molecule has 33 heavy (non-hydrogen) atoms. The van der Waals surface area contributed by atoms with E-state index in [0.29, 0.717) is 27.7 Å². The molecule has 180 valence electrons. The van der Waals surface area contributed by atoms with Crippen molar-refractivity contribution >= 4 is 55.4 Å². The van der Waals surface area contributed by atoms with E-state index in [9.17, 15) is 14.0 Å². The lowest BCUT2D eigenvalue weighted by atomic mass is 10.1. The fourth-order valence-corrected chi connectivity index (χ4v) is 5.67. The monoisotopic (exact) mass is 518 g/mol. The molecule has 0 aliphatic rings. The second kappa shape index (κ2) is 10.1. The Labute approximate surface area is 195 Å². The Kier molecular flexibility index (Phi) is 7.80. The van der Waals surface area contributed by atoms with Crippen LogP contribution in [0, 0.1) is 5.92 Å². The second-order valence-corrected chi connectivity index (χ2v) is 12.2. The van der Waals surface area contributed by atoms with Crippen molar-refractivity contribution in [2.45, 2.75) is 19.9 Å². The number of benzene rings is 1. The predicted molar refractivity (Wildman–Crippen MR) is 126 cm³/mol. The quantitative estimate of drug-likeness (QED) is 0.248. The maximum atomic E-state index is 12.0. The Morgan fingerprint density at radius 3 is 2.58 bits per heavy atom. The number of rotatable bonds is 10. The minimum Gasteiger partial charge on any atom is -0.349 e. The number of hydrogen-bond donors (Lipinski definition) is 5. The topological polar surface area (TPSA) is 172 Å². The minimum atomic E-state index is -4.72. The summed E-state index contributed by atoms with van der Waals surface area (Å²) in [6.45, 7) is 3.40. The normalized spacial score (nSPS) is 14.9. The van der Waals surface area contributed by atoms with Gasteiger partial charge in [0, 0.05) is 17.8 Å². The van der Waals surface area contributed by atoms with Crippen LogP contribution in [0.1, 0.15) is 13.8 Å². The van der Waals surface area contributed by atoms with Crippen LogP contribution in [-0.4, -0.2) is 52.8 Å². The van der Waals surface area contributed by atoms with E-state index in [4.69, 9.17) is 25.9 Å². The first kappa shape index (κ1) is 25.6. The number of anilines is 3. The fraction of sp³-hybridized carbons (Fsp3) is 0.389. The van der Waals surface area contributed by atoms with Crippen molar-refractivity contribution in [3.05, 3.63) is 35.6 Å². The molecule has 3 aromatic rings. The van der Waals surface area contributed by atoms with Gasteiger partial charge in [0.05, 0.1) is 19.0 Å². The summed E-state index contributed by atoms with van der Waals surface area (Å²) in [5.41, 5.74) is 1.76. The molecule has 1 unspecified atom stereocenters. The van der Waals surface area contributed by atoms with E-state index < -0.39 is 27.1 Å². The number of nitrogens with one attached hydrogen (secondary N) is 2. The number of halogens is 1. The van der Waals surface area contributed by atoms with Gasteiger partial charge in [-0.25, -0.2) is 4.98 Å². The van der Waals surface area contributed by atoms with E-state index in [0.717, 1.165) is 0 Å². The van der Waals surface area contributed by atoms with Gasteiger partial charge in [-0.05, 0) is 24.1 Å². The summed E-state index contributed by atoms with van der Waals surface area (Å²) in [7, 11) is -7.43. The van der Waals surface area contributed by atoms with Gasteiger partial charge in [0.1, 0.15) is 0 Å². The first-order valence-corrected chi connectivity index (χ1v) is 13.8. The molecule has 3 rings (SSSR count). The van der Waals surface area contributed by atoms with Gasteiger partial charge in [0.2, 0.25) is 5.95 Å². The lowest BCUT2D eigenvalue weighted by Crippen LogP contribution is -2.31. The zero-order valence-electron chi connectivity index (χ0n) is 18.1. The van der Waals surface area contributed by atoms with Crippen molar-refractivity contribution in [2.24, 2.45) is 13.0 Å². The Morgan fingerprint density at radius 2 is 1.94 bits per heavy atom. The van der Waals surface area contributed by atoms with Gasteiger partial charge in [0.25, 0.3) is 0 Å². The van der Waals surface area contributed by atoms with Gasteiger partial charge in [-0.2, -0.15) is 9.97 Å². The van der Waals surface area contributed by atoms with E-state index in [1.807, 2.05) is 19.9 Å². The molecule has 2 atom stereocenters. The third-order valence-corrected chi connectivity index (χ3v) is 8.28. The molecule has 2 heterocycles. The molecule has 0 saturated heterocycles. The second-order valence-electron chi connectivity index (χ2n) is 7.79. The maximum Gasteiger partial charge on any atom is 0.340 e. The molecule has 1 aromatic carbocycles. The number of imidazole rings is 1. The molecular formula is C18H25ClN6O6P2. The summed E-state index contributed by atoms with van der Waals surface area (Å²) in [4.78, 5) is 41.1. The van der Waals surface area contributed by atoms with Crippen LogP contribution in [-0.2, 0) is 20.7 Å². The number of fused-ring (bicyclic) bond motifs is 1. The van der Waals surface area contributed by atoms with E-state index in [2.05, 4.69) is 25.6 Å². The van der Waals surface area contributed by atoms with Gasteiger partial charge in [-0.1, -0.05) is 31.5 Å². The van der Waals surface area contributed by atoms with Crippen molar-refractivity contribution in [1.29, 1.82) is 0 Å². The molecule has 5 N–H and O–H groups in total. The Hall–Kier alpha value is -2.04. The minimum absolute atomic E-state index is 0.102. The smallest absolute Gasteiger partial charge is 0.340 e. The van der Waals surface area contributed by atoms with Crippen LogP contribution >= 0.6 is 26.8 Å². The van der Waals surface area contributed by atoms with E-state index in [-0.39, 0.29) is 18.5 Å². The zero-order chi connectivity index (χ0) is 24.4. The van der Waals surface area contributed by atoms with Crippen molar-refractivity contribution in [2.75, 3.05) is 23.1 Å².